The van der Waals surface area contributed by atoms with Gasteiger partial charge in [0.25, 0.3) is 5.91 Å². The van der Waals surface area contributed by atoms with Crippen LogP contribution in [0.15, 0.2) is 18.3 Å². The number of ether oxygens (including phenoxy) is 1. The second-order valence-electron chi connectivity index (χ2n) is 5.99. The van der Waals surface area contributed by atoms with Gasteiger partial charge in [-0.3, -0.25) is 4.79 Å². The molecule has 5 nitrogen and oxygen atoms in total. The molecule has 2 heterocycles. The summed E-state index contributed by atoms with van der Waals surface area (Å²) >= 11 is 0. The largest absolute Gasteiger partial charge is 0.396 e. The Morgan fingerprint density at radius 3 is 3.05 bits per heavy atom. The zero-order chi connectivity index (χ0) is 14.0. The van der Waals surface area contributed by atoms with Crippen molar-refractivity contribution in [1.82, 2.24) is 9.88 Å². The van der Waals surface area contributed by atoms with E-state index in [9.17, 15) is 9.90 Å². The fraction of sp³-hybridized carbons (Fsp3) is 0.667. The van der Waals surface area contributed by atoms with Crippen molar-refractivity contribution in [3.63, 3.8) is 0 Å². The molecular formula is C15H22N2O3. The van der Waals surface area contributed by atoms with Gasteiger partial charge in [0, 0.05) is 37.4 Å². The first-order valence-electron chi connectivity index (χ1n) is 7.38. The normalized spacial score (nSPS) is 25.9. The molecule has 0 aromatic carbocycles. The molecule has 1 atom stereocenters. The van der Waals surface area contributed by atoms with Crippen molar-refractivity contribution in [3.8, 4) is 0 Å². The summed E-state index contributed by atoms with van der Waals surface area (Å²) in [6.45, 7) is 2.05. The molecule has 1 saturated heterocycles. The summed E-state index contributed by atoms with van der Waals surface area (Å²) in [4.78, 5) is 12.3. The van der Waals surface area contributed by atoms with Gasteiger partial charge in [-0.1, -0.05) is 0 Å². The van der Waals surface area contributed by atoms with E-state index in [1.165, 1.54) is 0 Å². The molecule has 2 fully saturated rings. The highest BCUT2D eigenvalue weighted by molar-refractivity contribution is 5.92. The van der Waals surface area contributed by atoms with Gasteiger partial charge >= 0.3 is 0 Å². The Kier molecular flexibility index (Phi) is 3.81. The van der Waals surface area contributed by atoms with Gasteiger partial charge in [-0.2, -0.15) is 0 Å². The number of nitrogens with one attached hydrogen (secondary N) is 1. The topological polar surface area (TPSA) is 63.5 Å². The molecule has 110 valence electrons. The van der Waals surface area contributed by atoms with Gasteiger partial charge in [0.15, 0.2) is 0 Å². The number of aliphatic hydroxyl groups is 1. The van der Waals surface area contributed by atoms with Crippen molar-refractivity contribution in [2.45, 2.75) is 31.7 Å². The van der Waals surface area contributed by atoms with E-state index in [-0.39, 0.29) is 17.9 Å². The number of hydrogen-bond acceptors (Lipinski definition) is 3. The van der Waals surface area contributed by atoms with E-state index >= 15 is 0 Å². The van der Waals surface area contributed by atoms with Crippen LogP contribution in [0.5, 0.6) is 0 Å². The number of aliphatic hydroxyl groups excluding tert-OH is 1. The average Bonchev–Trinajstić information content (AvgIpc) is 3.00. The highest BCUT2D eigenvalue weighted by atomic mass is 16.5. The maximum absolute atomic E-state index is 12.3. The second kappa shape index (κ2) is 5.58. The van der Waals surface area contributed by atoms with Gasteiger partial charge in [0.05, 0.1) is 6.61 Å². The van der Waals surface area contributed by atoms with Gasteiger partial charge < -0.3 is 19.7 Å². The van der Waals surface area contributed by atoms with E-state index in [1.807, 2.05) is 18.3 Å². The number of carbonyl (C=O) groups is 1. The molecule has 2 N–H and O–H groups in total. The van der Waals surface area contributed by atoms with Crippen LogP contribution in [-0.4, -0.2) is 41.9 Å². The van der Waals surface area contributed by atoms with E-state index in [1.54, 1.807) is 0 Å². The van der Waals surface area contributed by atoms with Crippen molar-refractivity contribution in [2.24, 2.45) is 5.41 Å². The van der Waals surface area contributed by atoms with Gasteiger partial charge in [-0.25, -0.2) is 0 Å². The lowest BCUT2D eigenvalue weighted by atomic mass is 9.84. The van der Waals surface area contributed by atoms with Crippen molar-refractivity contribution >= 4 is 5.91 Å². The number of nitrogens with zero attached hydrogens (tertiary/aromatic N) is 1. The van der Waals surface area contributed by atoms with Crippen LogP contribution in [0.2, 0.25) is 0 Å². The molecule has 1 aliphatic heterocycles. The summed E-state index contributed by atoms with van der Waals surface area (Å²) in [5, 5.41) is 12.2. The molecule has 0 radical (unpaired) electrons. The first-order chi connectivity index (χ1) is 9.74. The van der Waals surface area contributed by atoms with Gasteiger partial charge in [0.1, 0.15) is 5.69 Å². The molecule has 1 amide bonds. The summed E-state index contributed by atoms with van der Waals surface area (Å²) in [6.07, 6.45) is 5.89. The Hall–Kier alpha value is -1.33. The molecule has 1 unspecified atom stereocenters. The van der Waals surface area contributed by atoms with Crippen LogP contribution >= 0.6 is 0 Å². The number of carbonyl (C=O) groups excluding carboxylic acids is 1. The third-order valence-electron chi connectivity index (χ3n) is 4.40. The molecule has 1 saturated carbocycles. The molecule has 3 rings (SSSR count). The lowest BCUT2D eigenvalue weighted by Gasteiger charge is -2.26. The van der Waals surface area contributed by atoms with Crippen LogP contribution in [-0.2, 0) is 4.74 Å². The second-order valence-corrected chi connectivity index (χ2v) is 5.99. The van der Waals surface area contributed by atoms with E-state index in [4.69, 9.17) is 4.74 Å². The summed E-state index contributed by atoms with van der Waals surface area (Å²) in [5.74, 6) is -0.0221. The highest BCUT2D eigenvalue weighted by Crippen LogP contribution is 2.36. The fourth-order valence-corrected chi connectivity index (χ4v) is 2.93. The molecular weight excluding hydrogens is 256 g/mol. The molecule has 0 bridgehead atoms. The lowest BCUT2D eigenvalue weighted by molar-refractivity contribution is 0.0880. The van der Waals surface area contributed by atoms with Crippen LogP contribution in [0.3, 0.4) is 0 Å². The van der Waals surface area contributed by atoms with Gasteiger partial charge in [-0.05, 0) is 37.8 Å². The molecule has 2 aliphatic rings. The monoisotopic (exact) mass is 278 g/mol. The van der Waals surface area contributed by atoms with Crippen molar-refractivity contribution in [3.05, 3.63) is 24.0 Å². The predicted molar refractivity (Wildman–Crippen MR) is 74.6 cm³/mol. The summed E-state index contributed by atoms with van der Waals surface area (Å²) < 4.78 is 7.51. The molecule has 5 heteroatoms. The Balaban J connectivity index is 1.62. The first kappa shape index (κ1) is 13.6. The van der Waals surface area contributed by atoms with E-state index < -0.39 is 0 Å². The minimum Gasteiger partial charge on any atom is -0.396 e. The van der Waals surface area contributed by atoms with Crippen molar-refractivity contribution < 1.29 is 14.6 Å². The molecule has 1 aliphatic carbocycles. The zero-order valence-corrected chi connectivity index (χ0v) is 11.7. The third-order valence-corrected chi connectivity index (χ3v) is 4.40. The Morgan fingerprint density at radius 2 is 2.40 bits per heavy atom. The molecule has 0 spiro atoms. The average molecular weight is 278 g/mol. The molecule has 20 heavy (non-hydrogen) atoms. The molecule has 1 aromatic heterocycles. The van der Waals surface area contributed by atoms with Crippen molar-refractivity contribution in [2.75, 3.05) is 26.4 Å². The number of rotatable bonds is 6. The summed E-state index contributed by atoms with van der Waals surface area (Å²) in [5.41, 5.74) is 0.645. The quantitative estimate of drug-likeness (QED) is 0.825. The number of aromatic nitrogens is 1. The smallest absolute Gasteiger partial charge is 0.267 e. The Labute approximate surface area is 118 Å². The maximum atomic E-state index is 12.3. The standard InChI is InChI=1S/C15H22N2O3/c18-8-5-15(6-9-20-11-15)10-16-14(19)13-2-1-7-17(13)12-3-4-12/h1-2,7,12,18H,3-6,8-11H2,(H,16,19). The van der Waals surface area contributed by atoms with Gasteiger partial charge in [0.2, 0.25) is 0 Å². The Bertz CT molecular complexity index is 473. The lowest BCUT2D eigenvalue weighted by Crippen LogP contribution is -2.39. The van der Waals surface area contributed by atoms with Crippen LogP contribution < -0.4 is 5.32 Å². The van der Waals surface area contributed by atoms with Crippen molar-refractivity contribution in [1.29, 1.82) is 0 Å². The Morgan fingerprint density at radius 1 is 1.55 bits per heavy atom. The number of amides is 1. The van der Waals surface area contributed by atoms with Crippen LogP contribution in [0.25, 0.3) is 0 Å². The minimum absolute atomic E-state index is 0.0221. The summed E-state index contributed by atoms with van der Waals surface area (Å²) in [6, 6.07) is 4.30. The summed E-state index contributed by atoms with van der Waals surface area (Å²) in [7, 11) is 0. The first-order valence-corrected chi connectivity index (χ1v) is 7.38. The third kappa shape index (κ3) is 2.74. The minimum atomic E-state index is -0.0958. The van der Waals surface area contributed by atoms with E-state index in [0.717, 1.165) is 25.0 Å². The highest BCUT2D eigenvalue weighted by Gasteiger charge is 2.35. The van der Waals surface area contributed by atoms with Gasteiger partial charge in [-0.15, -0.1) is 0 Å². The molecule has 1 aromatic rings. The SMILES string of the molecule is O=C(NCC1(CCO)CCOC1)c1cccn1C1CC1. The van der Waals surface area contributed by atoms with E-state index in [0.29, 0.717) is 32.2 Å². The predicted octanol–water partition coefficient (Wildman–Crippen LogP) is 1.34. The van der Waals surface area contributed by atoms with Crippen LogP contribution in [0.1, 0.15) is 42.2 Å². The fourth-order valence-electron chi connectivity index (χ4n) is 2.93. The van der Waals surface area contributed by atoms with E-state index in [2.05, 4.69) is 9.88 Å². The van der Waals surface area contributed by atoms with Crippen LogP contribution in [0.4, 0.5) is 0 Å². The van der Waals surface area contributed by atoms with Crippen LogP contribution in [0, 0.1) is 5.41 Å². The maximum Gasteiger partial charge on any atom is 0.267 e. The number of hydrogen-bond donors (Lipinski definition) is 2. The zero-order valence-electron chi connectivity index (χ0n) is 11.7.